The highest BCUT2D eigenvalue weighted by Gasteiger charge is 2.02. The number of allylic oxidation sites excluding steroid dienone is 1. The average molecular weight is 155 g/mol. The van der Waals surface area contributed by atoms with Crippen molar-refractivity contribution in [3.63, 3.8) is 0 Å². The molecule has 1 unspecified atom stereocenters. The van der Waals surface area contributed by atoms with Gasteiger partial charge < -0.3 is 5.32 Å². The zero-order valence-corrected chi connectivity index (χ0v) is 7.90. The Hall–Kier alpha value is -0.300. The van der Waals surface area contributed by atoms with Crippen LogP contribution in [0.15, 0.2) is 12.7 Å². The van der Waals surface area contributed by atoms with Crippen molar-refractivity contribution in [2.75, 3.05) is 13.6 Å². The monoisotopic (exact) mass is 155 g/mol. The van der Waals surface area contributed by atoms with E-state index in [-0.39, 0.29) is 0 Å². The first-order valence-corrected chi connectivity index (χ1v) is 4.60. The van der Waals surface area contributed by atoms with Crippen LogP contribution in [0.5, 0.6) is 0 Å². The van der Waals surface area contributed by atoms with Gasteiger partial charge in [-0.25, -0.2) is 0 Å². The lowest BCUT2D eigenvalue weighted by atomic mass is 9.97. The minimum absolute atomic E-state index is 0.889. The molecule has 0 aliphatic rings. The van der Waals surface area contributed by atoms with Crippen LogP contribution in [0.25, 0.3) is 0 Å². The molecule has 0 rings (SSSR count). The lowest BCUT2D eigenvalue weighted by Gasteiger charge is -2.12. The third-order valence-corrected chi connectivity index (χ3v) is 2.16. The van der Waals surface area contributed by atoms with Gasteiger partial charge in [0.15, 0.2) is 0 Å². The predicted octanol–water partition coefficient (Wildman–Crippen LogP) is 2.59. The molecule has 11 heavy (non-hydrogen) atoms. The highest BCUT2D eigenvalue weighted by atomic mass is 14.8. The lowest BCUT2D eigenvalue weighted by molar-refractivity contribution is 0.434. The first-order valence-electron chi connectivity index (χ1n) is 4.60. The van der Waals surface area contributed by atoms with Gasteiger partial charge in [-0.1, -0.05) is 19.4 Å². The Morgan fingerprint density at radius 1 is 1.45 bits per heavy atom. The van der Waals surface area contributed by atoms with Crippen LogP contribution in [0.4, 0.5) is 0 Å². The summed E-state index contributed by atoms with van der Waals surface area (Å²) in [6, 6.07) is 0. The summed E-state index contributed by atoms with van der Waals surface area (Å²) in [6.07, 6.45) is 7.10. The van der Waals surface area contributed by atoms with Crippen molar-refractivity contribution < 1.29 is 0 Å². The minimum Gasteiger partial charge on any atom is -0.320 e. The Balaban J connectivity index is 3.32. The smallest absolute Gasteiger partial charge is 0.00493 e. The number of hydrogen-bond acceptors (Lipinski definition) is 1. The van der Waals surface area contributed by atoms with E-state index in [4.69, 9.17) is 0 Å². The van der Waals surface area contributed by atoms with E-state index in [1.165, 1.54) is 25.7 Å². The second kappa shape index (κ2) is 7.80. The molecule has 66 valence electrons. The van der Waals surface area contributed by atoms with Gasteiger partial charge >= 0.3 is 0 Å². The average Bonchev–Trinajstić information content (AvgIpc) is 2.05. The normalized spacial score (nSPS) is 12.9. The molecule has 0 aromatic heterocycles. The number of hydrogen-bond donors (Lipinski definition) is 1. The zero-order valence-electron chi connectivity index (χ0n) is 7.90. The molecule has 1 heteroatoms. The second-order valence-electron chi connectivity index (χ2n) is 3.03. The first kappa shape index (κ1) is 10.7. The lowest BCUT2D eigenvalue weighted by Crippen LogP contribution is -2.12. The molecule has 0 aliphatic heterocycles. The fraction of sp³-hybridized carbons (Fsp3) is 0.800. The molecule has 0 amide bonds. The molecular weight excluding hydrogens is 134 g/mol. The summed E-state index contributed by atoms with van der Waals surface area (Å²) in [5.41, 5.74) is 0. The van der Waals surface area contributed by atoms with Crippen LogP contribution in [0.2, 0.25) is 0 Å². The fourth-order valence-corrected chi connectivity index (χ4v) is 1.25. The van der Waals surface area contributed by atoms with Gasteiger partial charge in [-0.2, -0.15) is 0 Å². The molecule has 0 spiro atoms. The van der Waals surface area contributed by atoms with Crippen LogP contribution in [0.1, 0.15) is 32.6 Å². The Kier molecular flexibility index (Phi) is 7.59. The van der Waals surface area contributed by atoms with Crippen LogP contribution in [0, 0.1) is 5.92 Å². The predicted molar refractivity (Wildman–Crippen MR) is 51.8 cm³/mol. The molecule has 0 saturated heterocycles. The third-order valence-electron chi connectivity index (χ3n) is 2.16. The highest BCUT2D eigenvalue weighted by molar-refractivity contribution is 4.69. The third kappa shape index (κ3) is 6.11. The Labute approximate surface area is 70.9 Å². The van der Waals surface area contributed by atoms with E-state index in [1.807, 2.05) is 13.1 Å². The van der Waals surface area contributed by atoms with E-state index in [0.29, 0.717) is 0 Å². The molecular formula is C10H21N. The van der Waals surface area contributed by atoms with E-state index in [0.717, 1.165) is 12.5 Å². The van der Waals surface area contributed by atoms with E-state index < -0.39 is 0 Å². The maximum absolute atomic E-state index is 3.73. The van der Waals surface area contributed by atoms with Crippen molar-refractivity contribution >= 4 is 0 Å². The largest absolute Gasteiger partial charge is 0.320 e. The van der Waals surface area contributed by atoms with Crippen molar-refractivity contribution in [2.45, 2.75) is 32.6 Å². The molecule has 0 saturated carbocycles. The van der Waals surface area contributed by atoms with Crippen LogP contribution in [-0.2, 0) is 0 Å². The van der Waals surface area contributed by atoms with Gasteiger partial charge in [0.25, 0.3) is 0 Å². The van der Waals surface area contributed by atoms with Gasteiger partial charge in [0.1, 0.15) is 0 Å². The molecule has 0 fully saturated rings. The van der Waals surface area contributed by atoms with Crippen LogP contribution < -0.4 is 5.32 Å². The summed E-state index contributed by atoms with van der Waals surface area (Å²) in [7, 11) is 2.01. The summed E-state index contributed by atoms with van der Waals surface area (Å²) in [5, 5.41) is 3.18. The molecule has 1 nitrogen and oxygen atoms in total. The highest BCUT2D eigenvalue weighted by Crippen LogP contribution is 2.14. The standard InChI is InChI=1S/C10H21N/c1-4-6-7-10(5-2)8-9-11-3/h4,10-11H,1,5-9H2,2-3H3. The van der Waals surface area contributed by atoms with E-state index in [2.05, 4.69) is 18.8 Å². The maximum atomic E-state index is 3.73. The van der Waals surface area contributed by atoms with Gasteiger partial charge in [0.2, 0.25) is 0 Å². The van der Waals surface area contributed by atoms with Crippen LogP contribution in [-0.4, -0.2) is 13.6 Å². The molecule has 0 aromatic carbocycles. The molecule has 0 radical (unpaired) electrons. The molecule has 0 heterocycles. The van der Waals surface area contributed by atoms with Crippen molar-refractivity contribution in [2.24, 2.45) is 5.92 Å². The topological polar surface area (TPSA) is 12.0 Å². The van der Waals surface area contributed by atoms with E-state index >= 15 is 0 Å². The minimum atomic E-state index is 0.889. The van der Waals surface area contributed by atoms with Gasteiger partial charge in [0.05, 0.1) is 0 Å². The van der Waals surface area contributed by atoms with Gasteiger partial charge in [-0.3, -0.25) is 0 Å². The van der Waals surface area contributed by atoms with Crippen LogP contribution >= 0.6 is 0 Å². The summed E-state index contributed by atoms with van der Waals surface area (Å²) >= 11 is 0. The van der Waals surface area contributed by atoms with Crippen molar-refractivity contribution in [1.29, 1.82) is 0 Å². The SMILES string of the molecule is C=CCCC(CC)CCNC. The summed E-state index contributed by atoms with van der Waals surface area (Å²) in [5.74, 6) is 0.889. The van der Waals surface area contributed by atoms with Crippen molar-refractivity contribution in [1.82, 2.24) is 5.32 Å². The van der Waals surface area contributed by atoms with E-state index in [9.17, 15) is 0 Å². The Morgan fingerprint density at radius 3 is 2.64 bits per heavy atom. The van der Waals surface area contributed by atoms with Crippen molar-refractivity contribution in [3.8, 4) is 0 Å². The van der Waals surface area contributed by atoms with Gasteiger partial charge in [-0.15, -0.1) is 6.58 Å². The second-order valence-corrected chi connectivity index (χ2v) is 3.03. The Bertz CT molecular complexity index is 88.9. The Morgan fingerprint density at radius 2 is 2.18 bits per heavy atom. The quantitative estimate of drug-likeness (QED) is 0.557. The maximum Gasteiger partial charge on any atom is -0.00493 e. The summed E-state index contributed by atoms with van der Waals surface area (Å²) in [4.78, 5) is 0. The molecule has 0 aliphatic carbocycles. The van der Waals surface area contributed by atoms with E-state index in [1.54, 1.807) is 0 Å². The molecule has 1 N–H and O–H groups in total. The zero-order chi connectivity index (χ0) is 8.53. The number of nitrogens with one attached hydrogen (secondary N) is 1. The van der Waals surface area contributed by atoms with Gasteiger partial charge in [-0.05, 0) is 38.8 Å². The number of rotatable bonds is 7. The van der Waals surface area contributed by atoms with Crippen LogP contribution in [0.3, 0.4) is 0 Å². The summed E-state index contributed by atoms with van der Waals surface area (Å²) in [6.45, 7) is 7.15. The van der Waals surface area contributed by atoms with Gasteiger partial charge in [0, 0.05) is 0 Å². The van der Waals surface area contributed by atoms with Crippen molar-refractivity contribution in [3.05, 3.63) is 12.7 Å². The summed E-state index contributed by atoms with van der Waals surface area (Å²) < 4.78 is 0. The fourth-order valence-electron chi connectivity index (χ4n) is 1.25. The molecule has 0 aromatic rings. The molecule has 1 atom stereocenters. The first-order chi connectivity index (χ1) is 5.35. The molecule has 0 bridgehead atoms.